The van der Waals surface area contributed by atoms with Gasteiger partial charge < -0.3 is 4.98 Å². The molecule has 3 rings (SSSR count). The van der Waals surface area contributed by atoms with Gasteiger partial charge in [0.15, 0.2) is 0 Å². The highest BCUT2D eigenvalue weighted by Gasteiger charge is 2.04. The first-order valence-electron chi connectivity index (χ1n) is 4.87. The van der Waals surface area contributed by atoms with Crippen LogP contribution in [0.5, 0.6) is 0 Å². The van der Waals surface area contributed by atoms with Crippen molar-refractivity contribution < 1.29 is 0 Å². The Bertz CT molecular complexity index is 644. The fourth-order valence-corrected chi connectivity index (χ4v) is 2.63. The average Bonchev–Trinajstić information content (AvgIpc) is 2.73. The Hall–Kier alpha value is -1.52. The summed E-state index contributed by atoms with van der Waals surface area (Å²) in [6.07, 6.45) is 1.90. The lowest BCUT2D eigenvalue weighted by atomic mass is 10.3. The van der Waals surface area contributed by atoms with E-state index in [2.05, 4.69) is 16.0 Å². The van der Waals surface area contributed by atoms with E-state index in [9.17, 15) is 0 Å². The second-order valence-electron chi connectivity index (χ2n) is 3.43. The van der Waals surface area contributed by atoms with E-state index in [0.717, 1.165) is 20.7 Å². The summed E-state index contributed by atoms with van der Waals surface area (Å²) in [5.74, 6) is 0. The Morgan fingerprint density at radius 2 is 2.00 bits per heavy atom. The smallest absolute Gasteiger partial charge is 0.126 e. The standard InChI is InChI=1S/C12H8N2S2/c15-11-6-5-8(7-13-11)12-14-9-3-1-2-4-10(9)16-12/h1-7H,(H,13,15). The van der Waals surface area contributed by atoms with Crippen LogP contribution in [0, 0.1) is 4.64 Å². The van der Waals surface area contributed by atoms with Crippen molar-refractivity contribution >= 4 is 33.8 Å². The van der Waals surface area contributed by atoms with E-state index in [0.29, 0.717) is 0 Å². The number of pyridine rings is 1. The Morgan fingerprint density at radius 3 is 2.75 bits per heavy atom. The predicted octanol–water partition coefficient (Wildman–Crippen LogP) is 4.02. The minimum Gasteiger partial charge on any atom is -0.352 e. The third-order valence-corrected chi connectivity index (χ3v) is 3.66. The minimum atomic E-state index is 0.741. The molecule has 0 spiro atoms. The molecule has 0 bridgehead atoms. The third-order valence-electron chi connectivity index (χ3n) is 2.33. The minimum absolute atomic E-state index is 0.741. The summed E-state index contributed by atoms with van der Waals surface area (Å²) in [6.45, 7) is 0. The highest BCUT2D eigenvalue weighted by Crippen LogP contribution is 2.29. The van der Waals surface area contributed by atoms with Crippen molar-refractivity contribution in [2.75, 3.05) is 0 Å². The molecule has 0 atom stereocenters. The van der Waals surface area contributed by atoms with E-state index in [1.807, 2.05) is 36.5 Å². The van der Waals surface area contributed by atoms with E-state index >= 15 is 0 Å². The van der Waals surface area contributed by atoms with Crippen molar-refractivity contribution in [2.45, 2.75) is 0 Å². The first-order chi connectivity index (χ1) is 7.83. The first-order valence-corrected chi connectivity index (χ1v) is 6.10. The van der Waals surface area contributed by atoms with Gasteiger partial charge in [0, 0.05) is 11.8 Å². The number of aromatic nitrogens is 2. The fourth-order valence-electron chi connectivity index (χ4n) is 1.54. The van der Waals surface area contributed by atoms with Crippen LogP contribution < -0.4 is 0 Å². The van der Waals surface area contributed by atoms with Crippen LogP contribution in [0.25, 0.3) is 20.8 Å². The molecule has 78 valence electrons. The monoisotopic (exact) mass is 244 g/mol. The average molecular weight is 244 g/mol. The summed E-state index contributed by atoms with van der Waals surface area (Å²) < 4.78 is 1.95. The predicted molar refractivity (Wildman–Crippen MR) is 70.2 cm³/mol. The number of benzene rings is 1. The molecule has 2 aromatic heterocycles. The fraction of sp³-hybridized carbons (Fsp3) is 0. The molecule has 0 fully saturated rings. The number of fused-ring (bicyclic) bond motifs is 1. The molecule has 0 amide bonds. The number of H-pyrrole nitrogens is 1. The second-order valence-corrected chi connectivity index (χ2v) is 4.90. The van der Waals surface area contributed by atoms with Crippen LogP contribution in [0.3, 0.4) is 0 Å². The van der Waals surface area contributed by atoms with Gasteiger partial charge in [0.2, 0.25) is 0 Å². The van der Waals surface area contributed by atoms with Crippen molar-refractivity contribution in [3.05, 3.63) is 47.2 Å². The maximum absolute atomic E-state index is 5.01. The zero-order chi connectivity index (χ0) is 11.0. The Kier molecular flexibility index (Phi) is 2.31. The normalized spacial score (nSPS) is 10.8. The van der Waals surface area contributed by atoms with Crippen molar-refractivity contribution in [2.24, 2.45) is 0 Å². The summed E-state index contributed by atoms with van der Waals surface area (Å²) in [5.41, 5.74) is 2.12. The van der Waals surface area contributed by atoms with Gasteiger partial charge in [0.1, 0.15) is 9.65 Å². The number of hydrogen-bond donors (Lipinski definition) is 1. The molecule has 0 unspecified atom stereocenters. The topological polar surface area (TPSA) is 28.7 Å². The van der Waals surface area contributed by atoms with E-state index in [4.69, 9.17) is 12.2 Å². The zero-order valence-corrected chi connectivity index (χ0v) is 9.94. The maximum atomic E-state index is 5.01. The van der Waals surface area contributed by atoms with Gasteiger partial charge in [-0.2, -0.15) is 0 Å². The SMILES string of the molecule is S=c1ccc(-c2nc3ccccc3s2)c[nH]1. The van der Waals surface area contributed by atoms with Crippen molar-refractivity contribution in [1.82, 2.24) is 9.97 Å². The number of nitrogens with one attached hydrogen (secondary N) is 1. The van der Waals surface area contributed by atoms with Crippen LogP contribution in [-0.4, -0.2) is 9.97 Å². The highest BCUT2D eigenvalue weighted by molar-refractivity contribution is 7.71. The lowest BCUT2D eigenvalue weighted by Crippen LogP contribution is -1.78. The molecule has 1 aromatic carbocycles. The quantitative estimate of drug-likeness (QED) is 0.655. The molecule has 16 heavy (non-hydrogen) atoms. The summed E-state index contributed by atoms with van der Waals surface area (Å²) in [6, 6.07) is 12.0. The van der Waals surface area contributed by atoms with Gasteiger partial charge in [-0.25, -0.2) is 4.98 Å². The molecule has 0 aliphatic carbocycles. The molecule has 2 heterocycles. The van der Waals surface area contributed by atoms with Gasteiger partial charge in [-0.3, -0.25) is 0 Å². The third kappa shape index (κ3) is 1.66. The van der Waals surface area contributed by atoms with Crippen LogP contribution in [-0.2, 0) is 0 Å². The summed E-state index contributed by atoms with van der Waals surface area (Å²) in [4.78, 5) is 7.60. The van der Waals surface area contributed by atoms with E-state index in [-0.39, 0.29) is 0 Å². The van der Waals surface area contributed by atoms with Gasteiger partial charge in [-0.15, -0.1) is 11.3 Å². The second kappa shape index (κ2) is 3.81. The number of hydrogen-bond acceptors (Lipinski definition) is 3. The molecule has 0 aliphatic rings. The molecule has 4 heteroatoms. The first kappa shape index (κ1) is 9.69. The van der Waals surface area contributed by atoms with Crippen LogP contribution in [0.2, 0.25) is 0 Å². The summed E-state index contributed by atoms with van der Waals surface area (Å²) in [5, 5.41) is 1.02. The number of rotatable bonds is 1. The molecule has 0 radical (unpaired) electrons. The van der Waals surface area contributed by atoms with Crippen LogP contribution >= 0.6 is 23.6 Å². The highest BCUT2D eigenvalue weighted by atomic mass is 32.1. The largest absolute Gasteiger partial charge is 0.352 e. The number of para-hydroxylation sites is 1. The molecule has 3 aromatic rings. The molecule has 0 aliphatic heterocycles. The van der Waals surface area contributed by atoms with Crippen molar-refractivity contribution in [3.8, 4) is 10.6 Å². The van der Waals surface area contributed by atoms with Gasteiger partial charge >= 0.3 is 0 Å². The summed E-state index contributed by atoms with van der Waals surface area (Å²) in [7, 11) is 0. The lowest BCUT2D eigenvalue weighted by molar-refractivity contribution is 1.29. The van der Waals surface area contributed by atoms with E-state index in [1.165, 1.54) is 4.70 Å². The van der Waals surface area contributed by atoms with Crippen LogP contribution in [0.4, 0.5) is 0 Å². The number of thiazole rings is 1. The zero-order valence-electron chi connectivity index (χ0n) is 8.31. The maximum Gasteiger partial charge on any atom is 0.126 e. The van der Waals surface area contributed by atoms with E-state index < -0.39 is 0 Å². The van der Waals surface area contributed by atoms with Crippen molar-refractivity contribution in [1.29, 1.82) is 0 Å². The Balaban J connectivity index is 2.19. The molecular formula is C12H8N2S2. The number of nitrogens with zero attached hydrogens (tertiary/aromatic N) is 1. The molecule has 0 saturated heterocycles. The molecule has 2 nitrogen and oxygen atoms in total. The van der Waals surface area contributed by atoms with Gasteiger partial charge in [0.25, 0.3) is 0 Å². The Labute approximate surface area is 102 Å². The van der Waals surface area contributed by atoms with Crippen LogP contribution in [0.1, 0.15) is 0 Å². The molecule has 1 N–H and O–H groups in total. The van der Waals surface area contributed by atoms with Gasteiger partial charge in [-0.1, -0.05) is 24.4 Å². The van der Waals surface area contributed by atoms with Crippen molar-refractivity contribution in [3.63, 3.8) is 0 Å². The number of aromatic amines is 1. The van der Waals surface area contributed by atoms with Crippen LogP contribution in [0.15, 0.2) is 42.6 Å². The van der Waals surface area contributed by atoms with E-state index in [1.54, 1.807) is 11.3 Å². The van der Waals surface area contributed by atoms with Gasteiger partial charge in [-0.05, 0) is 24.3 Å². The summed E-state index contributed by atoms with van der Waals surface area (Å²) >= 11 is 6.70. The molecular weight excluding hydrogens is 236 g/mol. The lowest BCUT2D eigenvalue weighted by Gasteiger charge is -1.93. The van der Waals surface area contributed by atoms with Gasteiger partial charge in [0.05, 0.1) is 10.2 Å². The Morgan fingerprint density at radius 1 is 1.12 bits per heavy atom. The molecule has 0 saturated carbocycles.